The van der Waals surface area contributed by atoms with Crippen LogP contribution in [0.3, 0.4) is 0 Å². The maximum atomic E-state index is 10.8. The second-order valence-electron chi connectivity index (χ2n) is 4.14. The van der Waals surface area contributed by atoms with E-state index in [4.69, 9.17) is 4.74 Å². The Morgan fingerprint density at radius 1 is 1.62 bits per heavy atom. The molecule has 0 atom stereocenters. The van der Waals surface area contributed by atoms with Gasteiger partial charge in [0.1, 0.15) is 6.54 Å². The van der Waals surface area contributed by atoms with E-state index in [0.29, 0.717) is 18.2 Å². The van der Waals surface area contributed by atoms with Crippen LogP contribution >= 0.6 is 0 Å². The van der Waals surface area contributed by atoms with Crippen molar-refractivity contribution in [2.75, 3.05) is 13.2 Å². The summed E-state index contributed by atoms with van der Waals surface area (Å²) in [5.41, 5.74) is 0.693. The zero-order valence-electron chi connectivity index (χ0n) is 9.26. The van der Waals surface area contributed by atoms with Crippen LogP contribution in [0.25, 0.3) is 0 Å². The molecule has 0 unspecified atom stereocenters. The molecule has 0 spiro atoms. The van der Waals surface area contributed by atoms with Crippen molar-refractivity contribution >= 4 is 5.82 Å². The lowest BCUT2D eigenvalue weighted by Crippen LogP contribution is -2.21. The second kappa shape index (κ2) is 4.61. The molecule has 0 saturated carbocycles. The summed E-state index contributed by atoms with van der Waals surface area (Å²) < 4.78 is 6.76. The van der Waals surface area contributed by atoms with Crippen molar-refractivity contribution in [3.05, 3.63) is 21.9 Å². The Labute approximate surface area is 93.4 Å². The van der Waals surface area contributed by atoms with E-state index in [2.05, 4.69) is 5.10 Å². The van der Waals surface area contributed by atoms with Crippen LogP contribution in [-0.2, 0) is 11.3 Å². The Morgan fingerprint density at radius 3 is 2.94 bits per heavy atom. The average molecular weight is 225 g/mol. The number of rotatable bonds is 3. The highest BCUT2D eigenvalue weighted by atomic mass is 16.6. The van der Waals surface area contributed by atoms with E-state index in [1.165, 1.54) is 10.7 Å². The maximum Gasteiger partial charge on any atom is 0.345 e. The van der Waals surface area contributed by atoms with E-state index in [0.717, 1.165) is 26.1 Å². The first kappa shape index (κ1) is 11.1. The van der Waals surface area contributed by atoms with Gasteiger partial charge >= 0.3 is 5.82 Å². The number of ether oxygens (including phenoxy) is 1. The fraction of sp³-hybridized carbons (Fsp3) is 0.700. The molecule has 0 aliphatic carbocycles. The molecular formula is C10H15N3O3. The van der Waals surface area contributed by atoms with Crippen LogP contribution < -0.4 is 0 Å². The molecule has 1 aliphatic rings. The molecule has 0 radical (unpaired) electrons. The second-order valence-corrected chi connectivity index (χ2v) is 4.14. The van der Waals surface area contributed by atoms with Gasteiger partial charge in [-0.05, 0) is 24.7 Å². The third-order valence-electron chi connectivity index (χ3n) is 2.84. The molecule has 1 saturated heterocycles. The summed E-state index contributed by atoms with van der Waals surface area (Å²) in [6.45, 7) is 3.89. The Hall–Kier alpha value is -1.43. The minimum absolute atomic E-state index is 0.0870. The highest BCUT2D eigenvalue weighted by Crippen LogP contribution is 2.20. The highest BCUT2D eigenvalue weighted by molar-refractivity contribution is 5.22. The van der Waals surface area contributed by atoms with Crippen LogP contribution in [0.2, 0.25) is 0 Å². The lowest BCUT2D eigenvalue weighted by atomic mass is 10.0. The van der Waals surface area contributed by atoms with Gasteiger partial charge in [-0.1, -0.05) is 5.10 Å². The number of aryl methyl sites for hydroxylation is 1. The molecule has 88 valence electrons. The molecular weight excluding hydrogens is 210 g/mol. The lowest BCUT2D eigenvalue weighted by molar-refractivity contribution is -0.392. The number of aromatic nitrogens is 2. The van der Waals surface area contributed by atoms with Crippen LogP contribution in [0.1, 0.15) is 18.5 Å². The summed E-state index contributed by atoms with van der Waals surface area (Å²) in [4.78, 5) is 10.4. The first-order valence-electron chi connectivity index (χ1n) is 5.43. The normalized spacial score (nSPS) is 17.6. The van der Waals surface area contributed by atoms with Crippen molar-refractivity contribution in [1.82, 2.24) is 9.78 Å². The van der Waals surface area contributed by atoms with Gasteiger partial charge in [-0.15, -0.1) is 4.68 Å². The molecule has 0 amide bonds. The minimum atomic E-state index is -0.376. The minimum Gasteiger partial charge on any atom is -0.381 e. The van der Waals surface area contributed by atoms with Gasteiger partial charge in [0.25, 0.3) is 0 Å². The monoisotopic (exact) mass is 225 g/mol. The zero-order valence-corrected chi connectivity index (χ0v) is 9.26. The fourth-order valence-electron chi connectivity index (χ4n) is 1.99. The predicted molar refractivity (Wildman–Crippen MR) is 57.2 cm³/mol. The molecule has 0 aromatic carbocycles. The summed E-state index contributed by atoms with van der Waals surface area (Å²) in [6.07, 6.45) is 1.91. The fourth-order valence-corrected chi connectivity index (χ4v) is 1.99. The van der Waals surface area contributed by atoms with Gasteiger partial charge in [0.2, 0.25) is 0 Å². The SMILES string of the molecule is Cc1cc([N+](=O)[O-])n(CC2CCOCC2)n1. The molecule has 2 heterocycles. The van der Waals surface area contributed by atoms with Gasteiger partial charge in [-0.2, -0.15) is 0 Å². The van der Waals surface area contributed by atoms with Crippen molar-refractivity contribution < 1.29 is 9.66 Å². The predicted octanol–water partition coefficient (Wildman–Crippen LogP) is 1.53. The Balaban J connectivity index is 2.10. The van der Waals surface area contributed by atoms with Crippen molar-refractivity contribution in [3.63, 3.8) is 0 Å². The first-order chi connectivity index (χ1) is 7.66. The van der Waals surface area contributed by atoms with E-state index in [1.54, 1.807) is 6.92 Å². The smallest absolute Gasteiger partial charge is 0.345 e. The van der Waals surface area contributed by atoms with Crippen LogP contribution in [0, 0.1) is 23.0 Å². The summed E-state index contributed by atoms with van der Waals surface area (Å²) in [5.74, 6) is 0.524. The molecule has 0 bridgehead atoms. The van der Waals surface area contributed by atoms with Crippen LogP contribution in [0.15, 0.2) is 6.07 Å². The molecule has 0 N–H and O–H groups in total. The van der Waals surface area contributed by atoms with E-state index >= 15 is 0 Å². The third-order valence-corrected chi connectivity index (χ3v) is 2.84. The topological polar surface area (TPSA) is 70.2 Å². The van der Waals surface area contributed by atoms with E-state index < -0.39 is 0 Å². The van der Waals surface area contributed by atoms with Gasteiger partial charge in [0, 0.05) is 19.1 Å². The number of hydrogen-bond donors (Lipinski definition) is 0. The van der Waals surface area contributed by atoms with Gasteiger partial charge in [0.15, 0.2) is 0 Å². The van der Waals surface area contributed by atoms with Crippen LogP contribution in [-0.4, -0.2) is 27.9 Å². The van der Waals surface area contributed by atoms with Gasteiger partial charge in [0.05, 0.1) is 11.8 Å². The van der Waals surface area contributed by atoms with Crippen LogP contribution in [0.5, 0.6) is 0 Å². The molecule has 1 fully saturated rings. The molecule has 6 nitrogen and oxygen atoms in total. The van der Waals surface area contributed by atoms with E-state index in [1.807, 2.05) is 0 Å². The summed E-state index contributed by atoms with van der Waals surface area (Å²) >= 11 is 0. The highest BCUT2D eigenvalue weighted by Gasteiger charge is 2.22. The summed E-state index contributed by atoms with van der Waals surface area (Å²) in [7, 11) is 0. The Morgan fingerprint density at radius 2 is 2.31 bits per heavy atom. The average Bonchev–Trinajstić information content (AvgIpc) is 2.61. The Kier molecular flexibility index (Phi) is 3.19. The van der Waals surface area contributed by atoms with Crippen molar-refractivity contribution in [2.45, 2.75) is 26.3 Å². The maximum absolute atomic E-state index is 10.8. The molecule has 1 aliphatic heterocycles. The van der Waals surface area contributed by atoms with Gasteiger partial charge in [-0.3, -0.25) is 0 Å². The third kappa shape index (κ3) is 2.38. The van der Waals surface area contributed by atoms with Crippen molar-refractivity contribution in [2.24, 2.45) is 5.92 Å². The first-order valence-corrected chi connectivity index (χ1v) is 5.43. The summed E-state index contributed by atoms with van der Waals surface area (Å²) in [6, 6.07) is 1.51. The number of nitro groups is 1. The Bertz CT molecular complexity index is 383. The zero-order chi connectivity index (χ0) is 11.5. The summed E-state index contributed by atoms with van der Waals surface area (Å²) in [5, 5.41) is 15.0. The molecule has 1 aromatic heterocycles. The molecule has 1 aromatic rings. The van der Waals surface area contributed by atoms with Crippen LogP contribution in [0.4, 0.5) is 5.82 Å². The standard InChI is InChI=1S/C10H15N3O3/c1-8-6-10(13(14)15)12(11-8)7-9-2-4-16-5-3-9/h6,9H,2-5,7H2,1H3. The molecule has 16 heavy (non-hydrogen) atoms. The molecule has 2 rings (SSSR count). The number of nitrogens with zero attached hydrogens (tertiary/aromatic N) is 3. The van der Waals surface area contributed by atoms with Crippen molar-refractivity contribution in [3.8, 4) is 0 Å². The quantitative estimate of drug-likeness (QED) is 0.577. The van der Waals surface area contributed by atoms with Crippen molar-refractivity contribution in [1.29, 1.82) is 0 Å². The van der Waals surface area contributed by atoms with Gasteiger partial charge < -0.3 is 14.9 Å². The van der Waals surface area contributed by atoms with E-state index in [9.17, 15) is 10.1 Å². The number of hydrogen-bond acceptors (Lipinski definition) is 4. The van der Waals surface area contributed by atoms with Gasteiger partial charge in [-0.25, -0.2) is 0 Å². The largest absolute Gasteiger partial charge is 0.381 e. The lowest BCUT2D eigenvalue weighted by Gasteiger charge is -2.19. The van der Waals surface area contributed by atoms with E-state index in [-0.39, 0.29) is 10.7 Å². The molecule has 6 heteroatoms.